The Labute approximate surface area is 244 Å². The average molecular weight is 611 g/mol. The minimum absolute atomic E-state index is 0.0166. The number of hydrogen-bond donors (Lipinski definition) is 1. The Hall–Kier alpha value is -2.88. The zero-order valence-corrected chi connectivity index (χ0v) is 25.0. The third kappa shape index (κ3) is 7.13. The van der Waals surface area contributed by atoms with E-state index < -0.39 is 40.5 Å². The van der Waals surface area contributed by atoms with Crippen molar-refractivity contribution in [1.29, 1.82) is 0 Å². The molecule has 1 aliphatic heterocycles. The number of carbonyl (C=O) groups excluding carboxylic acids is 1. The van der Waals surface area contributed by atoms with Crippen molar-refractivity contribution in [2.45, 2.75) is 76.6 Å². The lowest BCUT2D eigenvalue weighted by Crippen LogP contribution is -2.67. The molecule has 0 bridgehead atoms. The fourth-order valence-electron chi connectivity index (χ4n) is 5.51. The Kier molecular flexibility index (Phi) is 8.92. The van der Waals surface area contributed by atoms with Crippen molar-refractivity contribution in [1.82, 2.24) is 4.31 Å². The van der Waals surface area contributed by atoms with Crippen LogP contribution >= 0.6 is 11.3 Å². The van der Waals surface area contributed by atoms with Crippen LogP contribution in [0.2, 0.25) is 0 Å². The van der Waals surface area contributed by atoms with Crippen LogP contribution in [-0.2, 0) is 15.8 Å². The monoisotopic (exact) mass is 610 g/mol. The van der Waals surface area contributed by atoms with Crippen LogP contribution in [0.15, 0.2) is 35.2 Å². The number of nitrogens with zero attached hydrogens (tertiary/aromatic N) is 2. The molecule has 1 saturated carbocycles. The molecule has 2 atom stereocenters. The zero-order chi connectivity index (χ0) is 30.2. The molecule has 2 heterocycles. The summed E-state index contributed by atoms with van der Waals surface area (Å²) in [6.07, 6.45) is -0.554. The van der Waals surface area contributed by atoms with E-state index in [1.807, 2.05) is 27.7 Å². The first-order valence-electron chi connectivity index (χ1n) is 13.3. The summed E-state index contributed by atoms with van der Waals surface area (Å²) < 4.78 is 58.4. The largest absolute Gasteiger partial charge is 0.573 e. The standard InChI is InChI=1S/C29H33F3N2O5S2/c1-27(2,3)15-14-20-16-21(25(40-20)26(36)37)34-24(35)17-33(18-28(34,4)19-10-6-5-7-11-19)41(38)23-13-9-8-12-22(23)39-29(30,31)32/h8-9,12-13,16,19H,5-7,10-11,17-18H2,1-4H3,(H,36,37). The number of thiophene rings is 1. The van der Waals surface area contributed by atoms with Gasteiger partial charge in [0, 0.05) is 12.0 Å². The summed E-state index contributed by atoms with van der Waals surface area (Å²) in [5.41, 5.74) is -1.06. The van der Waals surface area contributed by atoms with Crippen LogP contribution in [-0.4, -0.2) is 50.5 Å². The quantitative estimate of drug-likeness (QED) is 0.380. The number of piperazine rings is 1. The molecule has 1 aliphatic carbocycles. The number of rotatable bonds is 6. The number of ether oxygens (including phenoxy) is 1. The van der Waals surface area contributed by atoms with Gasteiger partial charge in [-0.2, -0.15) is 0 Å². The van der Waals surface area contributed by atoms with Gasteiger partial charge in [0.1, 0.15) is 21.6 Å². The van der Waals surface area contributed by atoms with Crippen molar-refractivity contribution in [3.05, 3.63) is 40.1 Å². The molecule has 2 fully saturated rings. The molecule has 0 radical (unpaired) electrons. The van der Waals surface area contributed by atoms with E-state index in [-0.39, 0.29) is 39.9 Å². The molecular weight excluding hydrogens is 577 g/mol. The predicted octanol–water partition coefficient (Wildman–Crippen LogP) is 6.45. The molecule has 2 aliphatic rings. The maximum atomic E-state index is 13.9. The summed E-state index contributed by atoms with van der Waals surface area (Å²) in [5.74, 6) is 3.83. The van der Waals surface area contributed by atoms with Crippen molar-refractivity contribution >= 4 is 39.9 Å². The molecule has 1 amide bonds. The van der Waals surface area contributed by atoms with Crippen LogP contribution in [0.5, 0.6) is 5.75 Å². The smallest absolute Gasteiger partial charge is 0.477 e. The highest BCUT2D eigenvalue weighted by Crippen LogP contribution is 2.45. The molecule has 1 saturated heterocycles. The molecule has 12 heteroatoms. The van der Waals surface area contributed by atoms with Crippen LogP contribution in [0, 0.1) is 23.2 Å². The van der Waals surface area contributed by atoms with Gasteiger partial charge < -0.3 is 14.7 Å². The van der Waals surface area contributed by atoms with E-state index in [2.05, 4.69) is 16.6 Å². The van der Waals surface area contributed by atoms with Gasteiger partial charge in [-0.3, -0.25) is 4.79 Å². The van der Waals surface area contributed by atoms with Gasteiger partial charge in [-0.05, 0) is 64.7 Å². The maximum Gasteiger partial charge on any atom is 0.573 e. The van der Waals surface area contributed by atoms with Crippen molar-refractivity contribution in [3.8, 4) is 17.6 Å². The van der Waals surface area contributed by atoms with E-state index in [9.17, 15) is 32.1 Å². The highest BCUT2D eigenvalue weighted by molar-refractivity contribution is 7.82. The molecule has 222 valence electrons. The number of amides is 1. The van der Waals surface area contributed by atoms with Crippen molar-refractivity contribution < 1.29 is 36.8 Å². The molecular formula is C29H33F3N2O5S2. The van der Waals surface area contributed by atoms with Crippen molar-refractivity contribution in [3.63, 3.8) is 0 Å². The van der Waals surface area contributed by atoms with Gasteiger partial charge in [0.2, 0.25) is 5.91 Å². The lowest BCUT2D eigenvalue weighted by Gasteiger charge is -2.52. The van der Waals surface area contributed by atoms with E-state index in [4.69, 9.17) is 0 Å². The molecule has 0 spiro atoms. The van der Waals surface area contributed by atoms with Crippen LogP contribution in [0.1, 0.15) is 74.3 Å². The first kappa shape index (κ1) is 31.1. The molecule has 41 heavy (non-hydrogen) atoms. The Bertz CT molecular complexity index is 1400. The summed E-state index contributed by atoms with van der Waals surface area (Å²) in [6.45, 7) is 7.35. The molecule has 4 rings (SSSR count). The minimum Gasteiger partial charge on any atom is -0.477 e. The fraction of sp³-hybridized carbons (Fsp3) is 0.517. The first-order chi connectivity index (χ1) is 19.1. The molecule has 7 nitrogen and oxygen atoms in total. The van der Waals surface area contributed by atoms with Crippen LogP contribution in [0.4, 0.5) is 18.9 Å². The second kappa shape index (κ2) is 11.8. The number of alkyl halides is 3. The number of halogens is 3. The Morgan fingerprint density at radius 2 is 1.83 bits per heavy atom. The summed E-state index contributed by atoms with van der Waals surface area (Å²) >= 11 is 0.999. The van der Waals surface area contributed by atoms with Crippen molar-refractivity contribution in [2.75, 3.05) is 18.0 Å². The van der Waals surface area contributed by atoms with Crippen molar-refractivity contribution in [2.24, 2.45) is 11.3 Å². The van der Waals surface area contributed by atoms with Gasteiger partial charge in [0.15, 0.2) is 0 Å². The molecule has 1 aromatic carbocycles. The topological polar surface area (TPSA) is 87.2 Å². The summed E-state index contributed by atoms with van der Waals surface area (Å²) in [5, 5.41) is 10.1. The molecule has 1 aromatic heterocycles. The molecule has 2 unspecified atom stereocenters. The Morgan fingerprint density at radius 1 is 1.17 bits per heavy atom. The van der Waals surface area contributed by atoms with Gasteiger partial charge in [-0.15, -0.1) is 24.5 Å². The number of para-hydroxylation sites is 1. The van der Waals surface area contributed by atoms with E-state index >= 15 is 0 Å². The highest BCUT2D eigenvalue weighted by atomic mass is 32.2. The zero-order valence-electron chi connectivity index (χ0n) is 23.3. The van der Waals surface area contributed by atoms with E-state index in [0.29, 0.717) is 4.88 Å². The lowest BCUT2D eigenvalue weighted by molar-refractivity contribution is -0.275. The van der Waals surface area contributed by atoms with E-state index in [0.717, 1.165) is 49.5 Å². The SMILES string of the molecule is CC(C)(C)C#Cc1cc(N2C(=O)CN(S(=O)c3ccccc3OC(F)(F)F)CC2(C)C2CCCCC2)c(C(=O)O)s1. The summed E-state index contributed by atoms with van der Waals surface area (Å²) in [4.78, 5) is 28.1. The Balaban J connectivity index is 1.77. The number of aromatic carboxylic acids is 1. The lowest BCUT2D eigenvalue weighted by atomic mass is 9.73. The van der Waals surface area contributed by atoms with E-state index in [1.165, 1.54) is 27.4 Å². The third-order valence-electron chi connectivity index (χ3n) is 7.26. The van der Waals surface area contributed by atoms with Crippen LogP contribution in [0.25, 0.3) is 0 Å². The minimum atomic E-state index is -4.98. The number of anilines is 1. The van der Waals surface area contributed by atoms with Gasteiger partial charge >= 0.3 is 12.3 Å². The predicted molar refractivity (Wildman–Crippen MR) is 151 cm³/mol. The van der Waals surface area contributed by atoms with Gasteiger partial charge in [0.25, 0.3) is 0 Å². The number of benzene rings is 1. The highest BCUT2D eigenvalue weighted by Gasteiger charge is 2.50. The third-order valence-corrected chi connectivity index (χ3v) is 9.73. The fourth-order valence-corrected chi connectivity index (χ4v) is 7.70. The van der Waals surface area contributed by atoms with E-state index in [1.54, 1.807) is 6.07 Å². The number of carbonyl (C=O) groups is 2. The molecule has 1 N–H and O–H groups in total. The van der Waals surface area contributed by atoms with Gasteiger partial charge in [-0.1, -0.05) is 43.2 Å². The molecule has 2 aromatic rings. The second-order valence-electron chi connectivity index (χ2n) is 11.6. The van der Waals surface area contributed by atoms with Gasteiger partial charge in [-0.25, -0.2) is 13.3 Å². The maximum absolute atomic E-state index is 13.9. The Morgan fingerprint density at radius 3 is 2.44 bits per heavy atom. The van der Waals surface area contributed by atoms with Crippen LogP contribution in [0.3, 0.4) is 0 Å². The number of carboxylic acids is 1. The van der Waals surface area contributed by atoms with Gasteiger partial charge in [0.05, 0.1) is 27.5 Å². The van der Waals surface area contributed by atoms with Crippen LogP contribution < -0.4 is 9.64 Å². The summed E-state index contributed by atoms with van der Waals surface area (Å²) in [7, 11) is -2.16. The second-order valence-corrected chi connectivity index (χ2v) is 14.1. The summed E-state index contributed by atoms with van der Waals surface area (Å²) in [6, 6.07) is 6.81. The number of carboxylic acid groups (broad SMARTS) is 1. The average Bonchev–Trinajstić information content (AvgIpc) is 3.30. The number of hydrogen-bond acceptors (Lipinski definition) is 5. The normalized spacial score (nSPS) is 21.7. The first-order valence-corrected chi connectivity index (χ1v) is 15.3.